The Morgan fingerprint density at radius 2 is 1.88 bits per heavy atom. The third-order valence-corrected chi connectivity index (χ3v) is 4.49. The lowest BCUT2D eigenvalue weighted by molar-refractivity contribution is 0.0909. The van der Waals surface area contributed by atoms with Crippen molar-refractivity contribution in [2.24, 2.45) is 0 Å². The molecule has 0 aliphatic heterocycles. The predicted octanol–water partition coefficient (Wildman–Crippen LogP) is 4.64. The highest BCUT2D eigenvalue weighted by molar-refractivity contribution is 5.97. The van der Waals surface area contributed by atoms with Crippen molar-refractivity contribution >= 4 is 16.9 Å². The number of nitrogens with one attached hydrogen (secondary N) is 1. The largest absolute Gasteiger partial charge is 0.496 e. The molecule has 5 heteroatoms. The zero-order chi connectivity index (χ0) is 18.7. The minimum atomic E-state index is -0.247. The lowest BCUT2D eigenvalue weighted by Crippen LogP contribution is -2.27. The van der Waals surface area contributed by atoms with Gasteiger partial charge in [-0.15, -0.1) is 0 Å². The molecule has 1 aromatic heterocycles. The minimum absolute atomic E-state index is 0.109. The van der Waals surface area contributed by atoms with Crippen LogP contribution in [0.2, 0.25) is 0 Å². The van der Waals surface area contributed by atoms with E-state index in [1.54, 1.807) is 20.3 Å². The van der Waals surface area contributed by atoms with Gasteiger partial charge in [0.05, 0.1) is 20.3 Å². The summed E-state index contributed by atoms with van der Waals surface area (Å²) in [6.45, 7) is 4.02. The Bertz CT molecular complexity index is 929. The van der Waals surface area contributed by atoms with Crippen LogP contribution in [0.25, 0.3) is 11.0 Å². The van der Waals surface area contributed by atoms with Crippen molar-refractivity contribution < 1.29 is 18.7 Å². The van der Waals surface area contributed by atoms with Crippen LogP contribution in [-0.2, 0) is 0 Å². The van der Waals surface area contributed by atoms with E-state index in [-0.39, 0.29) is 17.7 Å². The molecule has 0 spiro atoms. The molecule has 26 heavy (non-hydrogen) atoms. The molecular formula is C21H23NO4. The van der Waals surface area contributed by atoms with E-state index in [9.17, 15) is 4.79 Å². The van der Waals surface area contributed by atoms with Gasteiger partial charge in [-0.2, -0.15) is 0 Å². The summed E-state index contributed by atoms with van der Waals surface area (Å²) in [4.78, 5) is 12.7. The summed E-state index contributed by atoms with van der Waals surface area (Å²) in [5.41, 5.74) is 2.65. The van der Waals surface area contributed by atoms with Crippen molar-refractivity contribution in [1.29, 1.82) is 0 Å². The number of carbonyl (C=O) groups excluding carboxylic acids is 1. The van der Waals surface area contributed by atoms with Crippen LogP contribution in [0.3, 0.4) is 0 Å². The second-order valence-electron chi connectivity index (χ2n) is 6.15. The maximum Gasteiger partial charge on any atom is 0.287 e. The van der Waals surface area contributed by atoms with E-state index in [0.29, 0.717) is 11.3 Å². The first-order chi connectivity index (χ1) is 12.6. The summed E-state index contributed by atoms with van der Waals surface area (Å²) in [6.07, 6.45) is 0.765. The number of fused-ring (bicyclic) bond motifs is 1. The summed E-state index contributed by atoms with van der Waals surface area (Å²) in [5, 5.41) is 3.88. The highest BCUT2D eigenvalue weighted by atomic mass is 16.5. The molecule has 0 aliphatic rings. The molecule has 3 rings (SSSR count). The number of para-hydroxylation sites is 1. The molecule has 0 aliphatic carbocycles. The minimum Gasteiger partial charge on any atom is -0.496 e. The van der Waals surface area contributed by atoms with Crippen molar-refractivity contribution in [1.82, 2.24) is 5.32 Å². The van der Waals surface area contributed by atoms with E-state index in [0.717, 1.165) is 28.7 Å². The molecule has 0 radical (unpaired) electrons. The molecular weight excluding hydrogens is 330 g/mol. The van der Waals surface area contributed by atoms with Gasteiger partial charge in [0, 0.05) is 5.39 Å². The summed E-state index contributed by atoms with van der Waals surface area (Å²) >= 11 is 0. The lowest BCUT2D eigenvalue weighted by Gasteiger charge is -2.18. The Balaban J connectivity index is 1.84. The molecule has 1 N–H and O–H groups in total. The van der Waals surface area contributed by atoms with Crippen molar-refractivity contribution in [2.45, 2.75) is 26.3 Å². The second kappa shape index (κ2) is 7.52. The maximum atomic E-state index is 12.7. The zero-order valence-corrected chi connectivity index (χ0v) is 15.5. The first-order valence-corrected chi connectivity index (χ1v) is 8.59. The molecule has 2 aromatic carbocycles. The highest BCUT2D eigenvalue weighted by Crippen LogP contribution is 2.29. The molecule has 1 atom stereocenters. The molecule has 1 heterocycles. The molecule has 0 unspecified atom stereocenters. The van der Waals surface area contributed by atoms with Gasteiger partial charge in [0.1, 0.15) is 5.75 Å². The van der Waals surface area contributed by atoms with Crippen molar-refractivity contribution in [3.63, 3.8) is 0 Å². The number of aryl methyl sites for hydroxylation is 1. The van der Waals surface area contributed by atoms with Crippen LogP contribution in [0.5, 0.6) is 11.5 Å². The Morgan fingerprint density at radius 1 is 1.12 bits per heavy atom. The fraction of sp³-hybridized carbons (Fsp3) is 0.286. The number of amides is 1. The summed E-state index contributed by atoms with van der Waals surface area (Å²) in [7, 11) is 3.23. The average molecular weight is 353 g/mol. The van der Waals surface area contributed by atoms with Crippen molar-refractivity contribution in [3.8, 4) is 11.5 Å². The quantitative estimate of drug-likeness (QED) is 0.701. The first-order valence-electron chi connectivity index (χ1n) is 8.59. The summed E-state index contributed by atoms with van der Waals surface area (Å²) in [5.74, 6) is 1.47. The van der Waals surface area contributed by atoms with E-state index < -0.39 is 0 Å². The fourth-order valence-electron chi connectivity index (χ4n) is 3.08. The summed E-state index contributed by atoms with van der Waals surface area (Å²) in [6, 6.07) is 13.1. The highest BCUT2D eigenvalue weighted by Gasteiger charge is 2.19. The van der Waals surface area contributed by atoms with Gasteiger partial charge in [-0.3, -0.25) is 4.79 Å². The number of furan rings is 1. The van der Waals surface area contributed by atoms with Gasteiger partial charge < -0.3 is 19.2 Å². The number of ether oxygens (including phenoxy) is 2. The summed E-state index contributed by atoms with van der Waals surface area (Å²) < 4.78 is 16.3. The fourth-order valence-corrected chi connectivity index (χ4v) is 3.08. The SMILES string of the molecule is CC[C@H](NC(=O)c1cc2cccc(OC)c2o1)c1ccc(OC)c(C)c1. The Morgan fingerprint density at radius 3 is 2.54 bits per heavy atom. The van der Waals surface area contributed by atoms with Gasteiger partial charge in [0.15, 0.2) is 17.1 Å². The van der Waals surface area contributed by atoms with Crippen LogP contribution in [0.15, 0.2) is 46.9 Å². The van der Waals surface area contributed by atoms with Gasteiger partial charge in [0.2, 0.25) is 0 Å². The van der Waals surface area contributed by atoms with E-state index in [4.69, 9.17) is 13.9 Å². The lowest BCUT2D eigenvalue weighted by atomic mass is 10.0. The monoisotopic (exact) mass is 353 g/mol. The van der Waals surface area contributed by atoms with E-state index in [2.05, 4.69) is 5.32 Å². The Hall–Kier alpha value is -2.95. The van der Waals surface area contributed by atoms with Gasteiger partial charge in [-0.05, 0) is 42.7 Å². The number of hydrogen-bond acceptors (Lipinski definition) is 4. The van der Waals surface area contributed by atoms with Gasteiger partial charge in [0.25, 0.3) is 5.91 Å². The van der Waals surface area contributed by atoms with Crippen LogP contribution in [0.4, 0.5) is 0 Å². The van der Waals surface area contributed by atoms with Crippen LogP contribution < -0.4 is 14.8 Å². The van der Waals surface area contributed by atoms with Gasteiger partial charge >= 0.3 is 0 Å². The smallest absolute Gasteiger partial charge is 0.287 e. The van der Waals surface area contributed by atoms with Gasteiger partial charge in [-0.25, -0.2) is 0 Å². The third kappa shape index (κ3) is 3.38. The molecule has 0 bridgehead atoms. The molecule has 3 aromatic rings. The average Bonchev–Trinajstić information content (AvgIpc) is 3.10. The predicted molar refractivity (Wildman–Crippen MR) is 101 cm³/mol. The van der Waals surface area contributed by atoms with E-state index >= 15 is 0 Å². The van der Waals surface area contributed by atoms with Crippen molar-refractivity contribution in [3.05, 3.63) is 59.4 Å². The normalized spacial score (nSPS) is 12.0. The number of benzene rings is 2. The standard InChI is InChI=1S/C21H23NO4/c1-5-16(14-9-10-17(24-3)13(2)11-14)22-21(23)19-12-15-7-6-8-18(25-4)20(15)26-19/h6-12,16H,5H2,1-4H3,(H,22,23)/t16-/m0/s1. The molecule has 5 nitrogen and oxygen atoms in total. The third-order valence-electron chi connectivity index (χ3n) is 4.49. The van der Waals surface area contributed by atoms with E-state index in [1.807, 2.05) is 50.2 Å². The zero-order valence-electron chi connectivity index (χ0n) is 15.5. The van der Waals surface area contributed by atoms with Crippen molar-refractivity contribution in [2.75, 3.05) is 14.2 Å². The number of rotatable bonds is 6. The first kappa shape index (κ1) is 17.9. The number of carbonyl (C=O) groups is 1. The Kier molecular flexibility index (Phi) is 5.16. The molecule has 1 amide bonds. The molecule has 0 fully saturated rings. The number of methoxy groups -OCH3 is 2. The molecule has 0 saturated carbocycles. The molecule has 0 saturated heterocycles. The van der Waals surface area contributed by atoms with Gasteiger partial charge in [-0.1, -0.05) is 31.2 Å². The number of hydrogen-bond donors (Lipinski definition) is 1. The topological polar surface area (TPSA) is 60.7 Å². The second-order valence-corrected chi connectivity index (χ2v) is 6.15. The van der Waals surface area contributed by atoms with Crippen LogP contribution in [0.1, 0.15) is 41.1 Å². The van der Waals surface area contributed by atoms with Crippen LogP contribution in [0, 0.1) is 6.92 Å². The Labute approximate surface area is 152 Å². The van der Waals surface area contributed by atoms with E-state index in [1.165, 1.54) is 0 Å². The van der Waals surface area contributed by atoms with Crippen LogP contribution >= 0.6 is 0 Å². The van der Waals surface area contributed by atoms with Crippen LogP contribution in [-0.4, -0.2) is 20.1 Å². The molecule has 136 valence electrons. The maximum absolute atomic E-state index is 12.7.